The zero-order valence-electron chi connectivity index (χ0n) is 18.1. The summed E-state index contributed by atoms with van der Waals surface area (Å²) >= 11 is 0. The standard InChI is InChI=1S/C24H32N2O3/c1-6-26(7-2)14-21(27)25-19-13-20(18-11-9-8-10-12-18)29-24-16(4)15(3)23(28)17(5)22(19)24/h8-12,19-20,28H,6-7,13-14H2,1-5H3,(H,25,27). The van der Waals surface area contributed by atoms with Crippen LogP contribution < -0.4 is 10.1 Å². The van der Waals surface area contributed by atoms with E-state index in [1.165, 1.54) is 0 Å². The molecule has 2 aromatic rings. The van der Waals surface area contributed by atoms with Crippen molar-refractivity contribution in [3.8, 4) is 11.5 Å². The van der Waals surface area contributed by atoms with Gasteiger partial charge in [-0.15, -0.1) is 0 Å². The van der Waals surface area contributed by atoms with Gasteiger partial charge in [0.15, 0.2) is 0 Å². The van der Waals surface area contributed by atoms with Crippen LogP contribution in [0.2, 0.25) is 0 Å². The number of fused-ring (bicyclic) bond motifs is 1. The molecule has 0 fully saturated rings. The summed E-state index contributed by atoms with van der Waals surface area (Å²) in [4.78, 5) is 14.9. The molecule has 0 saturated carbocycles. The van der Waals surface area contributed by atoms with Gasteiger partial charge in [0, 0.05) is 17.5 Å². The first-order chi connectivity index (χ1) is 13.9. The number of aromatic hydroxyl groups is 1. The van der Waals surface area contributed by atoms with Crippen molar-refractivity contribution in [3.05, 3.63) is 58.1 Å². The fraction of sp³-hybridized carbons (Fsp3) is 0.458. The second-order valence-corrected chi connectivity index (χ2v) is 7.80. The summed E-state index contributed by atoms with van der Waals surface area (Å²) in [5, 5.41) is 13.8. The van der Waals surface area contributed by atoms with Gasteiger partial charge in [-0.25, -0.2) is 0 Å². The predicted molar refractivity (Wildman–Crippen MR) is 115 cm³/mol. The molecule has 2 aromatic carbocycles. The number of benzene rings is 2. The lowest BCUT2D eigenvalue weighted by Crippen LogP contribution is -2.40. The first-order valence-corrected chi connectivity index (χ1v) is 10.4. The summed E-state index contributed by atoms with van der Waals surface area (Å²) in [7, 11) is 0. The van der Waals surface area contributed by atoms with Crippen molar-refractivity contribution in [2.75, 3.05) is 19.6 Å². The number of phenols is 1. The van der Waals surface area contributed by atoms with E-state index in [0.29, 0.717) is 13.0 Å². The molecule has 29 heavy (non-hydrogen) atoms. The Bertz CT molecular complexity index is 876. The Hall–Kier alpha value is -2.53. The van der Waals surface area contributed by atoms with Crippen molar-refractivity contribution in [3.63, 3.8) is 0 Å². The van der Waals surface area contributed by atoms with Crippen molar-refractivity contribution in [2.45, 2.75) is 53.2 Å². The van der Waals surface area contributed by atoms with E-state index in [2.05, 4.69) is 36.2 Å². The van der Waals surface area contributed by atoms with Crippen molar-refractivity contribution in [2.24, 2.45) is 0 Å². The molecule has 2 unspecified atom stereocenters. The zero-order chi connectivity index (χ0) is 21.1. The molecule has 1 aliphatic heterocycles. The molecule has 1 amide bonds. The Kier molecular flexibility index (Phi) is 6.48. The van der Waals surface area contributed by atoms with E-state index in [9.17, 15) is 9.90 Å². The van der Waals surface area contributed by atoms with Gasteiger partial charge in [-0.2, -0.15) is 0 Å². The minimum atomic E-state index is -0.211. The van der Waals surface area contributed by atoms with Crippen LogP contribution in [0.1, 0.15) is 60.2 Å². The maximum Gasteiger partial charge on any atom is 0.234 e. The molecule has 5 nitrogen and oxygen atoms in total. The van der Waals surface area contributed by atoms with Crippen LogP contribution >= 0.6 is 0 Å². The van der Waals surface area contributed by atoms with Crippen LogP contribution in [0.15, 0.2) is 30.3 Å². The van der Waals surface area contributed by atoms with Crippen LogP contribution in [-0.4, -0.2) is 35.5 Å². The van der Waals surface area contributed by atoms with Gasteiger partial charge in [0.25, 0.3) is 0 Å². The van der Waals surface area contributed by atoms with Crippen LogP contribution in [-0.2, 0) is 4.79 Å². The number of ether oxygens (including phenoxy) is 1. The topological polar surface area (TPSA) is 61.8 Å². The number of rotatable bonds is 6. The highest BCUT2D eigenvalue weighted by atomic mass is 16.5. The fourth-order valence-corrected chi connectivity index (χ4v) is 4.12. The number of likely N-dealkylation sites (N-methyl/N-ethyl adjacent to an activating group) is 1. The summed E-state index contributed by atoms with van der Waals surface area (Å²) in [6.45, 7) is 11.9. The number of nitrogens with one attached hydrogen (secondary N) is 1. The van der Waals surface area contributed by atoms with Gasteiger partial charge in [-0.1, -0.05) is 44.2 Å². The fourth-order valence-electron chi connectivity index (χ4n) is 4.12. The number of hydrogen-bond donors (Lipinski definition) is 2. The molecule has 0 saturated heterocycles. The number of amides is 1. The molecular formula is C24H32N2O3. The van der Waals surface area contributed by atoms with Crippen LogP contribution in [0.4, 0.5) is 0 Å². The van der Waals surface area contributed by atoms with E-state index in [1.54, 1.807) is 0 Å². The van der Waals surface area contributed by atoms with Crippen molar-refractivity contribution in [1.29, 1.82) is 0 Å². The molecule has 156 valence electrons. The Morgan fingerprint density at radius 1 is 1.10 bits per heavy atom. The van der Waals surface area contributed by atoms with Crippen molar-refractivity contribution >= 4 is 5.91 Å². The summed E-state index contributed by atoms with van der Waals surface area (Å²) < 4.78 is 6.43. The molecular weight excluding hydrogens is 364 g/mol. The summed E-state index contributed by atoms with van der Waals surface area (Å²) in [5.74, 6) is 1.06. The molecule has 5 heteroatoms. The zero-order valence-corrected chi connectivity index (χ0v) is 18.1. The minimum absolute atomic E-state index is 0.00419. The minimum Gasteiger partial charge on any atom is -0.507 e. The third-order valence-electron chi connectivity index (χ3n) is 6.09. The third-order valence-corrected chi connectivity index (χ3v) is 6.09. The van der Waals surface area contributed by atoms with Crippen LogP contribution in [0.5, 0.6) is 11.5 Å². The van der Waals surface area contributed by atoms with Crippen LogP contribution in [0.3, 0.4) is 0 Å². The first kappa shape index (κ1) is 21.2. The molecule has 0 aliphatic carbocycles. The maximum atomic E-state index is 12.8. The van der Waals surface area contributed by atoms with Crippen LogP contribution in [0, 0.1) is 20.8 Å². The highest BCUT2D eigenvalue weighted by molar-refractivity contribution is 5.79. The Morgan fingerprint density at radius 3 is 2.38 bits per heavy atom. The molecule has 0 bridgehead atoms. The highest BCUT2D eigenvalue weighted by Gasteiger charge is 2.34. The average molecular weight is 397 g/mol. The van der Waals surface area contributed by atoms with Crippen LogP contribution in [0.25, 0.3) is 0 Å². The summed E-state index contributed by atoms with van der Waals surface area (Å²) in [6.07, 6.45) is 0.480. The smallest absolute Gasteiger partial charge is 0.234 e. The molecule has 2 N–H and O–H groups in total. The predicted octanol–water partition coefficient (Wildman–Crippen LogP) is 4.34. The second-order valence-electron chi connectivity index (χ2n) is 7.80. The normalized spacial score (nSPS) is 18.3. The van der Waals surface area contributed by atoms with Gasteiger partial charge < -0.3 is 15.2 Å². The van der Waals surface area contributed by atoms with E-state index in [4.69, 9.17) is 4.74 Å². The quantitative estimate of drug-likeness (QED) is 0.762. The SMILES string of the molecule is CCN(CC)CC(=O)NC1CC(c2ccccc2)Oc2c(C)c(C)c(O)c(C)c21. The van der Waals surface area contributed by atoms with E-state index in [1.807, 2.05) is 39.0 Å². The molecule has 0 radical (unpaired) electrons. The van der Waals surface area contributed by atoms with Gasteiger partial charge >= 0.3 is 0 Å². The van der Waals surface area contributed by atoms with Gasteiger partial charge in [-0.3, -0.25) is 9.69 Å². The molecule has 1 heterocycles. The molecule has 3 rings (SSSR count). The second kappa shape index (κ2) is 8.87. The van der Waals surface area contributed by atoms with E-state index >= 15 is 0 Å². The van der Waals surface area contributed by atoms with Gasteiger partial charge in [-0.05, 0) is 50.6 Å². The Balaban J connectivity index is 1.99. The van der Waals surface area contributed by atoms with E-state index in [-0.39, 0.29) is 23.8 Å². The van der Waals surface area contributed by atoms with Gasteiger partial charge in [0.2, 0.25) is 5.91 Å². The number of carbonyl (C=O) groups excluding carboxylic acids is 1. The van der Waals surface area contributed by atoms with Gasteiger partial charge in [0.05, 0.1) is 12.6 Å². The monoisotopic (exact) mass is 396 g/mol. The largest absolute Gasteiger partial charge is 0.507 e. The third kappa shape index (κ3) is 4.25. The lowest BCUT2D eigenvalue weighted by molar-refractivity contribution is -0.123. The Morgan fingerprint density at radius 2 is 1.76 bits per heavy atom. The van der Waals surface area contributed by atoms with E-state index < -0.39 is 0 Å². The molecule has 0 aromatic heterocycles. The van der Waals surface area contributed by atoms with Crippen molar-refractivity contribution in [1.82, 2.24) is 10.2 Å². The average Bonchev–Trinajstić information content (AvgIpc) is 2.74. The summed E-state index contributed by atoms with van der Waals surface area (Å²) in [6, 6.07) is 9.89. The number of nitrogens with zero attached hydrogens (tertiary/aromatic N) is 1. The lowest BCUT2D eigenvalue weighted by Gasteiger charge is -2.36. The Labute approximate surface area is 173 Å². The molecule has 2 atom stereocenters. The first-order valence-electron chi connectivity index (χ1n) is 10.4. The molecule has 0 spiro atoms. The maximum absolute atomic E-state index is 12.8. The van der Waals surface area contributed by atoms with Crippen molar-refractivity contribution < 1.29 is 14.6 Å². The summed E-state index contributed by atoms with van der Waals surface area (Å²) in [5.41, 5.74) is 4.51. The van der Waals surface area contributed by atoms with E-state index in [0.717, 1.165) is 46.7 Å². The highest BCUT2D eigenvalue weighted by Crippen LogP contribution is 2.48. The molecule has 1 aliphatic rings. The number of carbonyl (C=O) groups is 1. The number of hydrogen-bond acceptors (Lipinski definition) is 4. The number of phenolic OH excluding ortho intramolecular Hbond substituents is 1. The lowest BCUT2D eigenvalue weighted by atomic mass is 9.86. The van der Waals surface area contributed by atoms with Gasteiger partial charge in [0.1, 0.15) is 17.6 Å².